The van der Waals surface area contributed by atoms with Gasteiger partial charge in [0.05, 0.1) is 25.0 Å². The standard InChI is InChI=1S/C26H35F2N3O4/c1-30(13-15-35-26(27)28)12-10-18-17-29-23-9-8-19(16-22(18)23)34-14-5-4-11-31-24(32)20-6-2-3-7-21(20)25(31)33/h8-9,16-17,20-21,26,29H,2-7,10-15H2,1H3/t20-,21+. The molecule has 1 saturated heterocycles. The molecule has 2 aromatic rings. The van der Waals surface area contributed by atoms with Gasteiger partial charge in [-0.25, -0.2) is 0 Å². The highest BCUT2D eigenvalue weighted by atomic mass is 19.3. The number of imide groups is 1. The summed E-state index contributed by atoms with van der Waals surface area (Å²) in [6.07, 6.45) is 8.02. The van der Waals surface area contributed by atoms with Crippen molar-refractivity contribution in [3.63, 3.8) is 0 Å². The number of ether oxygens (including phenoxy) is 2. The van der Waals surface area contributed by atoms with Crippen molar-refractivity contribution < 1.29 is 27.8 Å². The van der Waals surface area contributed by atoms with Crippen molar-refractivity contribution >= 4 is 22.7 Å². The lowest BCUT2D eigenvalue weighted by Crippen LogP contribution is -2.32. The Kier molecular flexibility index (Phi) is 8.73. The molecule has 1 aromatic carbocycles. The van der Waals surface area contributed by atoms with Crippen LogP contribution in [0.2, 0.25) is 0 Å². The normalized spacial score (nSPS) is 20.4. The van der Waals surface area contributed by atoms with Gasteiger partial charge in [-0.2, -0.15) is 8.78 Å². The first-order chi connectivity index (χ1) is 16.9. The fourth-order valence-electron chi connectivity index (χ4n) is 5.19. The van der Waals surface area contributed by atoms with Crippen molar-refractivity contribution in [2.24, 2.45) is 11.8 Å². The highest BCUT2D eigenvalue weighted by Crippen LogP contribution is 2.38. The third-order valence-electron chi connectivity index (χ3n) is 7.20. The summed E-state index contributed by atoms with van der Waals surface area (Å²) in [4.78, 5) is 31.9. The van der Waals surface area contributed by atoms with Crippen LogP contribution in [-0.4, -0.2) is 73.1 Å². The van der Waals surface area contributed by atoms with Crippen molar-refractivity contribution in [1.29, 1.82) is 0 Å². The summed E-state index contributed by atoms with van der Waals surface area (Å²) >= 11 is 0. The van der Waals surface area contributed by atoms with Gasteiger partial charge in [0, 0.05) is 36.7 Å². The van der Waals surface area contributed by atoms with Crippen LogP contribution < -0.4 is 4.74 Å². The van der Waals surface area contributed by atoms with E-state index in [1.807, 2.05) is 36.3 Å². The van der Waals surface area contributed by atoms with Crippen LogP contribution in [0.1, 0.15) is 44.1 Å². The average Bonchev–Trinajstić information content (AvgIpc) is 3.36. The molecule has 0 bridgehead atoms. The van der Waals surface area contributed by atoms with Crippen LogP contribution in [-0.2, 0) is 20.7 Å². The van der Waals surface area contributed by atoms with Crippen LogP contribution in [0, 0.1) is 11.8 Å². The number of rotatable bonds is 13. The number of hydrogen-bond acceptors (Lipinski definition) is 5. The molecule has 2 heterocycles. The van der Waals surface area contributed by atoms with E-state index in [9.17, 15) is 18.4 Å². The first kappa shape index (κ1) is 25.6. The average molecular weight is 492 g/mol. The van der Waals surface area contributed by atoms with E-state index in [4.69, 9.17) is 4.74 Å². The number of alkyl halides is 2. The number of carbonyl (C=O) groups excluding carboxylic acids is 2. The molecule has 1 aliphatic heterocycles. The number of unbranched alkanes of at least 4 members (excludes halogenated alkanes) is 1. The van der Waals surface area contributed by atoms with Gasteiger partial charge in [0.2, 0.25) is 11.8 Å². The van der Waals surface area contributed by atoms with Gasteiger partial charge >= 0.3 is 6.61 Å². The number of halogens is 2. The number of aromatic amines is 1. The molecule has 1 aromatic heterocycles. The maximum Gasteiger partial charge on any atom is 0.345 e. The molecular formula is C26H35F2N3O4. The van der Waals surface area contributed by atoms with E-state index in [2.05, 4.69) is 9.72 Å². The number of likely N-dealkylation sites (N-methyl/N-ethyl adjacent to an activating group) is 1. The van der Waals surface area contributed by atoms with Crippen LogP contribution in [0.25, 0.3) is 10.9 Å². The summed E-state index contributed by atoms with van der Waals surface area (Å²) in [5.74, 6) is 0.661. The molecule has 2 aliphatic rings. The number of aromatic nitrogens is 1. The molecule has 2 atom stereocenters. The lowest BCUT2D eigenvalue weighted by Gasteiger charge is -2.19. The summed E-state index contributed by atoms with van der Waals surface area (Å²) in [5, 5.41) is 1.08. The highest BCUT2D eigenvalue weighted by molar-refractivity contribution is 6.05. The van der Waals surface area contributed by atoms with Gasteiger partial charge in [-0.1, -0.05) is 12.8 Å². The zero-order valence-electron chi connectivity index (χ0n) is 20.3. The summed E-state index contributed by atoms with van der Waals surface area (Å²) in [6.45, 7) is -0.574. The minimum Gasteiger partial charge on any atom is -0.494 e. The smallest absolute Gasteiger partial charge is 0.345 e. The maximum atomic E-state index is 12.6. The SMILES string of the molecule is CN(CCOC(F)F)CCc1c[nH]c2ccc(OCCCCN3C(=O)[C@H]4CCCC[C@H]4C3=O)cc12. The molecule has 9 heteroatoms. The predicted molar refractivity (Wildman–Crippen MR) is 128 cm³/mol. The van der Waals surface area contributed by atoms with Crippen LogP contribution in [0.5, 0.6) is 5.75 Å². The van der Waals surface area contributed by atoms with Gasteiger partial charge in [-0.15, -0.1) is 0 Å². The van der Waals surface area contributed by atoms with Gasteiger partial charge in [0.25, 0.3) is 0 Å². The number of H-pyrrole nitrogens is 1. The number of nitrogens with zero attached hydrogens (tertiary/aromatic N) is 2. The Labute approximate surface area is 204 Å². The molecule has 35 heavy (non-hydrogen) atoms. The molecule has 1 aliphatic carbocycles. The zero-order chi connectivity index (χ0) is 24.8. The predicted octanol–water partition coefficient (Wildman–Crippen LogP) is 4.22. The van der Waals surface area contributed by atoms with Gasteiger partial charge in [0.15, 0.2) is 0 Å². The Hall–Kier alpha value is -2.52. The number of nitrogens with one attached hydrogen (secondary N) is 1. The molecule has 1 saturated carbocycles. The van der Waals surface area contributed by atoms with Crippen LogP contribution in [0.3, 0.4) is 0 Å². The Morgan fingerprint density at radius 3 is 2.54 bits per heavy atom. The van der Waals surface area contributed by atoms with Gasteiger partial charge in [-0.05, 0) is 62.9 Å². The molecule has 4 rings (SSSR count). The van der Waals surface area contributed by atoms with E-state index in [0.29, 0.717) is 19.7 Å². The van der Waals surface area contributed by atoms with Crippen molar-refractivity contribution in [2.45, 2.75) is 51.6 Å². The van der Waals surface area contributed by atoms with Crippen molar-refractivity contribution in [3.8, 4) is 5.75 Å². The largest absolute Gasteiger partial charge is 0.494 e. The number of carbonyl (C=O) groups is 2. The summed E-state index contributed by atoms with van der Waals surface area (Å²) in [7, 11) is 1.88. The molecule has 0 spiro atoms. The topological polar surface area (TPSA) is 74.9 Å². The molecule has 2 amide bonds. The molecule has 2 fully saturated rings. The van der Waals surface area contributed by atoms with Crippen LogP contribution >= 0.6 is 0 Å². The second-order valence-corrected chi connectivity index (χ2v) is 9.59. The first-order valence-electron chi connectivity index (χ1n) is 12.6. The first-order valence-corrected chi connectivity index (χ1v) is 12.6. The molecule has 0 unspecified atom stereocenters. The number of benzene rings is 1. The summed E-state index contributed by atoms with van der Waals surface area (Å²) in [6, 6.07) is 5.92. The Balaban J connectivity index is 1.21. The second kappa shape index (κ2) is 11.9. The number of hydrogen-bond donors (Lipinski definition) is 1. The molecule has 7 nitrogen and oxygen atoms in total. The molecule has 192 valence electrons. The lowest BCUT2D eigenvalue weighted by molar-refractivity contribution is -0.140. The highest BCUT2D eigenvalue weighted by Gasteiger charge is 2.47. The Morgan fingerprint density at radius 1 is 1.09 bits per heavy atom. The number of fused-ring (bicyclic) bond motifs is 2. The zero-order valence-corrected chi connectivity index (χ0v) is 20.3. The van der Waals surface area contributed by atoms with Crippen molar-refractivity contribution in [3.05, 3.63) is 30.0 Å². The fraction of sp³-hybridized carbons (Fsp3) is 0.615. The monoisotopic (exact) mass is 491 g/mol. The van der Waals surface area contributed by atoms with Gasteiger partial charge in [-0.3, -0.25) is 14.5 Å². The third kappa shape index (κ3) is 6.38. The van der Waals surface area contributed by atoms with Crippen molar-refractivity contribution in [2.75, 3.05) is 39.9 Å². The Bertz CT molecular complexity index is 988. The molecular weight excluding hydrogens is 456 g/mol. The number of likely N-dealkylation sites (tertiary alicyclic amines) is 1. The fourth-order valence-corrected chi connectivity index (χ4v) is 5.19. The van der Waals surface area contributed by atoms with Gasteiger partial charge in [0.1, 0.15) is 5.75 Å². The number of amides is 2. The van der Waals surface area contributed by atoms with Crippen LogP contribution in [0.15, 0.2) is 24.4 Å². The van der Waals surface area contributed by atoms with E-state index in [1.165, 1.54) is 4.90 Å². The van der Waals surface area contributed by atoms with Gasteiger partial charge < -0.3 is 19.4 Å². The van der Waals surface area contributed by atoms with E-state index >= 15 is 0 Å². The maximum absolute atomic E-state index is 12.6. The quantitative estimate of drug-likeness (QED) is 0.336. The molecule has 0 radical (unpaired) electrons. The summed E-state index contributed by atoms with van der Waals surface area (Å²) < 4.78 is 34.5. The minimum absolute atomic E-state index is 0.00127. The second-order valence-electron chi connectivity index (χ2n) is 9.59. The lowest BCUT2D eigenvalue weighted by atomic mass is 9.81. The van der Waals surface area contributed by atoms with E-state index in [-0.39, 0.29) is 30.3 Å². The summed E-state index contributed by atoms with van der Waals surface area (Å²) in [5.41, 5.74) is 2.16. The van der Waals surface area contributed by atoms with Crippen molar-refractivity contribution in [1.82, 2.24) is 14.8 Å². The van der Waals surface area contributed by atoms with E-state index in [1.54, 1.807) is 0 Å². The Morgan fingerprint density at radius 2 is 1.83 bits per heavy atom. The minimum atomic E-state index is -2.73. The third-order valence-corrected chi connectivity index (χ3v) is 7.20. The van der Waals surface area contributed by atoms with E-state index < -0.39 is 6.61 Å². The van der Waals surface area contributed by atoms with E-state index in [0.717, 1.165) is 73.7 Å². The molecule has 1 N–H and O–H groups in total. The van der Waals surface area contributed by atoms with Crippen LogP contribution in [0.4, 0.5) is 8.78 Å².